The number of ether oxygens (including phenoxy) is 4. The Hall–Kier alpha value is -3.21. The molecule has 2 aromatic carbocycles. The number of benzene rings is 2. The van der Waals surface area contributed by atoms with Gasteiger partial charge in [0, 0.05) is 29.6 Å². The van der Waals surface area contributed by atoms with Crippen molar-refractivity contribution >= 4 is 29.5 Å². The van der Waals surface area contributed by atoms with E-state index in [-0.39, 0.29) is 18.1 Å². The molecule has 1 N–H and O–H groups in total. The van der Waals surface area contributed by atoms with Crippen molar-refractivity contribution in [1.29, 1.82) is 0 Å². The molecule has 0 amide bonds. The van der Waals surface area contributed by atoms with Gasteiger partial charge in [-0.25, -0.2) is 0 Å². The molecule has 2 heterocycles. The lowest BCUT2D eigenvalue weighted by Gasteiger charge is -2.17. The number of carbonyl (C=O) groups excluding carboxylic acids is 1. The second-order valence-corrected chi connectivity index (χ2v) is 8.21. The Morgan fingerprint density at radius 3 is 2.32 bits per heavy atom. The van der Waals surface area contributed by atoms with Gasteiger partial charge in [0.1, 0.15) is 0 Å². The molecule has 1 aliphatic carbocycles. The molecule has 0 saturated carbocycles. The summed E-state index contributed by atoms with van der Waals surface area (Å²) in [5.74, 6) is 1.78. The third-order valence-electron chi connectivity index (χ3n) is 6.12. The number of nitrogens with zero attached hydrogens (tertiary/aromatic N) is 1. The SMILES string of the molecule is COc1cc2c3c(n(CCCNCCOS)c(=O)c2cc1OC)-c1cc2c(cc1C3=O)OCO2. The van der Waals surface area contributed by atoms with Gasteiger partial charge < -0.3 is 33.0 Å². The molecule has 0 bridgehead atoms. The molecular formula is C24H24N2O7S. The Kier molecular flexibility index (Phi) is 6.11. The van der Waals surface area contributed by atoms with Crippen LogP contribution in [0.1, 0.15) is 22.3 Å². The molecule has 0 unspecified atom stereocenters. The number of carbonyl (C=O) groups is 1. The third kappa shape index (κ3) is 3.58. The predicted octanol–water partition coefficient (Wildman–Crippen LogP) is 2.80. The van der Waals surface area contributed by atoms with E-state index in [9.17, 15) is 9.59 Å². The number of thiol groups is 1. The molecule has 178 valence electrons. The zero-order valence-electron chi connectivity index (χ0n) is 18.8. The Balaban J connectivity index is 1.69. The van der Waals surface area contributed by atoms with E-state index in [1.165, 1.54) is 14.2 Å². The average molecular weight is 485 g/mol. The smallest absolute Gasteiger partial charge is 0.259 e. The summed E-state index contributed by atoms with van der Waals surface area (Å²) in [5.41, 5.74) is 1.99. The zero-order valence-corrected chi connectivity index (χ0v) is 19.7. The third-order valence-corrected chi connectivity index (χ3v) is 6.30. The normalized spacial score (nSPS) is 13.3. The van der Waals surface area contributed by atoms with Crippen molar-refractivity contribution in [2.45, 2.75) is 13.0 Å². The first kappa shape index (κ1) is 22.6. The molecule has 34 heavy (non-hydrogen) atoms. The van der Waals surface area contributed by atoms with Crippen LogP contribution in [0.25, 0.3) is 22.0 Å². The van der Waals surface area contributed by atoms with Crippen LogP contribution in [0, 0.1) is 0 Å². The molecule has 9 nitrogen and oxygen atoms in total. The molecule has 1 aromatic heterocycles. The summed E-state index contributed by atoms with van der Waals surface area (Å²) in [5, 5.41) is 4.17. The van der Waals surface area contributed by atoms with Crippen molar-refractivity contribution in [1.82, 2.24) is 9.88 Å². The van der Waals surface area contributed by atoms with Crippen molar-refractivity contribution < 1.29 is 27.9 Å². The standard InChI is InChI=1S/C24H24N2O7S/c1-29-17-8-13-16(11-18(17)30-2)24(28)26(6-3-4-25-5-7-33-34)22-14-9-19-20(32-12-31-19)10-15(14)23(27)21(13)22/h8-11,25,34H,3-7,12H2,1-2H3. The number of hydrogen-bond donors (Lipinski definition) is 2. The highest BCUT2D eigenvalue weighted by molar-refractivity contribution is 7.75. The van der Waals surface area contributed by atoms with Gasteiger partial charge in [-0.2, -0.15) is 0 Å². The minimum absolute atomic E-state index is 0.0997. The molecule has 3 aromatic rings. The van der Waals surface area contributed by atoms with Crippen LogP contribution in [-0.4, -0.2) is 51.1 Å². The molecule has 2 aliphatic rings. The molecule has 0 fully saturated rings. The summed E-state index contributed by atoms with van der Waals surface area (Å²) >= 11 is 3.73. The number of fused-ring (bicyclic) bond motifs is 6. The Labute approximate surface area is 201 Å². The number of ketones is 1. The van der Waals surface area contributed by atoms with Crippen LogP contribution in [0.4, 0.5) is 0 Å². The van der Waals surface area contributed by atoms with E-state index in [4.69, 9.17) is 23.1 Å². The molecule has 0 radical (unpaired) electrons. The number of pyridine rings is 1. The second kappa shape index (κ2) is 9.21. The van der Waals surface area contributed by atoms with Crippen LogP contribution in [0.5, 0.6) is 23.0 Å². The van der Waals surface area contributed by atoms with Crippen LogP contribution in [0.15, 0.2) is 29.1 Å². The topological polar surface area (TPSA) is 97.2 Å². The summed E-state index contributed by atoms with van der Waals surface area (Å²) in [7, 11) is 3.03. The number of aromatic nitrogens is 1. The molecule has 0 spiro atoms. The lowest BCUT2D eigenvalue weighted by molar-refractivity contribution is 0.104. The minimum Gasteiger partial charge on any atom is -0.493 e. The van der Waals surface area contributed by atoms with Gasteiger partial charge in [-0.3, -0.25) is 9.59 Å². The monoisotopic (exact) mass is 484 g/mol. The van der Waals surface area contributed by atoms with Gasteiger partial charge in [-0.1, -0.05) is 0 Å². The van der Waals surface area contributed by atoms with E-state index >= 15 is 0 Å². The van der Waals surface area contributed by atoms with E-state index in [0.717, 1.165) is 0 Å². The number of rotatable bonds is 9. The van der Waals surface area contributed by atoms with Crippen LogP contribution in [-0.2, 0) is 10.7 Å². The molecule has 10 heteroatoms. The number of nitrogens with one attached hydrogen (secondary N) is 1. The maximum Gasteiger partial charge on any atom is 0.259 e. The van der Waals surface area contributed by atoms with Crippen molar-refractivity contribution in [3.8, 4) is 34.3 Å². The molecule has 0 saturated heterocycles. The molecular weight excluding hydrogens is 460 g/mol. The Morgan fingerprint density at radius 1 is 0.971 bits per heavy atom. The predicted molar refractivity (Wildman–Crippen MR) is 129 cm³/mol. The second-order valence-electron chi connectivity index (χ2n) is 7.95. The van der Waals surface area contributed by atoms with E-state index in [0.29, 0.717) is 88.8 Å². The summed E-state index contributed by atoms with van der Waals surface area (Å²) in [6, 6.07) is 6.81. The quantitative estimate of drug-likeness (QED) is 0.213. The van der Waals surface area contributed by atoms with E-state index in [2.05, 4.69) is 18.2 Å². The maximum absolute atomic E-state index is 13.7. The van der Waals surface area contributed by atoms with Crippen LogP contribution >= 0.6 is 12.9 Å². The highest BCUT2D eigenvalue weighted by Crippen LogP contribution is 2.46. The van der Waals surface area contributed by atoms with Crippen molar-refractivity contribution in [3.05, 3.63) is 45.7 Å². The summed E-state index contributed by atoms with van der Waals surface area (Å²) in [6.07, 6.45) is 0.672. The van der Waals surface area contributed by atoms with Gasteiger partial charge in [0.25, 0.3) is 5.56 Å². The van der Waals surface area contributed by atoms with Gasteiger partial charge in [0.05, 0.1) is 37.5 Å². The lowest BCUT2D eigenvalue weighted by Crippen LogP contribution is -2.26. The van der Waals surface area contributed by atoms with E-state index < -0.39 is 0 Å². The molecule has 1 aliphatic heterocycles. The highest BCUT2D eigenvalue weighted by Gasteiger charge is 2.35. The Morgan fingerprint density at radius 2 is 1.65 bits per heavy atom. The van der Waals surface area contributed by atoms with Crippen molar-refractivity contribution in [2.75, 3.05) is 40.7 Å². The molecule has 5 rings (SSSR count). The number of methoxy groups -OCH3 is 2. The fraction of sp³-hybridized carbons (Fsp3) is 0.333. The zero-order chi connectivity index (χ0) is 23.8. The fourth-order valence-corrected chi connectivity index (χ4v) is 4.65. The maximum atomic E-state index is 13.7. The van der Waals surface area contributed by atoms with Crippen LogP contribution in [0.3, 0.4) is 0 Å². The van der Waals surface area contributed by atoms with Crippen molar-refractivity contribution in [3.63, 3.8) is 0 Å². The summed E-state index contributed by atoms with van der Waals surface area (Å²) in [4.78, 5) is 27.4. The van der Waals surface area contributed by atoms with E-state index in [1.807, 2.05) is 0 Å². The van der Waals surface area contributed by atoms with Gasteiger partial charge in [0.15, 0.2) is 28.8 Å². The largest absolute Gasteiger partial charge is 0.493 e. The summed E-state index contributed by atoms with van der Waals surface area (Å²) in [6.45, 7) is 2.31. The van der Waals surface area contributed by atoms with Gasteiger partial charge in [0.2, 0.25) is 6.79 Å². The Bertz CT molecular complexity index is 1350. The highest BCUT2D eigenvalue weighted by atomic mass is 32.1. The van der Waals surface area contributed by atoms with Crippen LogP contribution in [0.2, 0.25) is 0 Å². The first-order chi connectivity index (χ1) is 16.6. The average Bonchev–Trinajstić information content (AvgIpc) is 3.43. The van der Waals surface area contributed by atoms with Gasteiger partial charge in [-0.05, 0) is 50.1 Å². The number of hydrogen-bond acceptors (Lipinski definition) is 9. The van der Waals surface area contributed by atoms with E-state index in [1.54, 1.807) is 28.8 Å². The first-order valence-electron chi connectivity index (χ1n) is 10.9. The van der Waals surface area contributed by atoms with Crippen LogP contribution < -0.4 is 29.8 Å². The minimum atomic E-state index is -0.202. The van der Waals surface area contributed by atoms with Gasteiger partial charge >= 0.3 is 0 Å². The first-order valence-corrected chi connectivity index (χ1v) is 11.2. The lowest BCUT2D eigenvalue weighted by atomic mass is 10.0. The fourth-order valence-electron chi connectivity index (χ4n) is 4.56. The van der Waals surface area contributed by atoms with Gasteiger partial charge in [-0.15, -0.1) is 0 Å². The van der Waals surface area contributed by atoms with Crippen molar-refractivity contribution in [2.24, 2.45) is 0 Å². The molecule has 0 atom stereocenters. The summed E-state index contributed by atoms with van der Waals surface area (Å²) < 4.78 is 28.3.